The maximum atomic E-state index is 13.3. The van der Waals surface area contributed by atoms with Gasteiger partial charge in [-0.05, 0) is 22.9 Å². The van der Waals surface area contributed by atoms with Gasteiger partial charge >= 0.3 is 0 Å². The van der Waals surface area contributed by atoms with Crippen LogP contribution >= 0.6 is 11.3 Å². The summed E-state index contributed by atoms with van der Waals surface area (Å²) in [7, 11) is 0. The van der Waals surface area contributed by atoms with Gasteiger partial charge in [-0.1, -0.05) is 45.0 Å². The molecule has 0 aliphatic carbocycles. The van der Waals surface area contributed by atoms with Crippen LogP contribution in [0.2, 0.25) is 0 Å². The summed E-state index contributed by atoms with van der Waals surface area (Å²) in [5.74, 6) is 0.0422. The van der Waals surface area contributed by atoms with Crippen LogP contribution in [0.15, 0.2) is 46.6 Å². The van der Waals surface area contributed by atoms with Gasteiger partial charge in [0, 0.05) is 38.1 Å². The minimum absolute atomic E-state index is 0.0422. The molecule has 1 fully saturated rings. The second kappa shape index (κ2) is 8.20. The second-order valence-electron chi connectivity index (χ2n) is 9.06. The van der Waals surface area contributed by atoms with Gasteiger partial charge in [-0.3, -0.25) is 9.59 Å². The third-order valence-corrected chi connectivity index (χ3v) is 6.36. The van der Waals surface area contributed by atoms with Crippen molar-refractivity contribution in [1.82, 2.24) is 9.47 Å². The highest BCUT2D eigenvalue weighted by Gasteiger charge is 2.28. The zero-order valence-corrected chi connectivity index (χ0v) is 18.9. The van der Waals surface area contributed by atoms with Crippen LogP contribution in [0.1, 0.15) is 36.0 Å². The summed E-state index contributed by atoms with van der Waals surface area (Å²) in [4.78, 5) is 30.7. The summed E-state index contributed by atoms with van der Waals surface area (Å²) < 4.78 is 1.73. The van der Waals surface area contributed by atoms with Gasteiger partial charge in [-0.2, -0.15) is 5.26 Å². The summed E-state index contributed by atoms with van der Waals surface area (Å²) in [6.07, 6.45) is 0. The van der Waals surface area contributed by atoms with Gasteiger partial charge in [-0.15, -0.1) is 11.3 Å². The van der Waals surface area contributed by atoms with E-state index >= 15 is 0 Å². The molecule has 1 aliphatic rings. The van der Waals surface area contributed by atoms with Gasteiger partial charge in [0.15, 0.2) is 0 Å². The molecule has 0 saturated carbocycles. The fraction of sp³-hybridized carbons (Fsp3) is 0.375. The van der Waals surface area contributed by atoms with E-state index in [0.717, 1.165) is 15.8 Å². The molecular formula is C24H26N4O2S. The minimum Gasteiger partial charge on any atom is -0.366 e. The number of aromatic nitrogens is 1. The van der Waals surface area contributed by atoms with Gasteiger partial charge in [0.2, 0.25) is 0 Å². The molecule has 0 radical (unpaired) electrons. The van der Waals surface area contributed by atoms with Gasteiger partial charge in [0.25, 0.3) is 11.5 Å². The average Bonchev–Trinajstić information content (AvgIpc) is 3.29. The van der Waals surface area contributed by atoms with E-state index in [4.69, 9.17) is 0 Å². The van der Waals surface area contributed by atoms with Crippen LogP contribution < -0.4 is 10.5 Å². The maximum absolute atomic E-state index is 13.3. The highest BCUT2D eigenvalue weighted by atomic mass is 32.1. The first kappa shape index (κ1) is 21.1. The number of hydrogen-bond acceptors (Lipinski definition) is 5. The Morgan fingerprint density at radius 2 is 1.81 bits per heavy atom. The van der Waals surface area contributed by atoms with Crippen LogP contribution in [0.4, 0.5) is 5.69 Å². The number of nitrogens with zero attached hydrogens (tertiary/aromatic N) is 4. The van der Waals surface area contributed by atoms with Crippen molar-refractivity contribution >= 4 is 33.8 Å². The molecule has 3 aromatic rings. The van der Waals surface area contributed by atoms with Gasteiger partial charge in [-0.25, -0.2) is 0 Å². The smallest absolute Gasteiger partial charge is 0.271 e. The zero-order valence-electron chi connectivity index (χ0n) is 18.1. The van der Waals surface area contributed by atoms with Crippen molar-refractivity contribution in [1.29, 1.82) is 5.26 Å². The molecule has 160 valence electrons. The van der Waals surface area contributed by atoms with Crippen molar-refractivity contribution in [3.63, 3.8) is 0 Å². The van der Waals surface area contributed by atoms with Crippen LogP contribution in [0, 0.1) is 16.7 Å². The van der Waals surface area contributed by atoms with E-state index in [1.807, 2.05) is 46.7 Å². The van der Waals surface area contributed by atoms with Crippen LogP contribution in [-0.4, -0.2) is 41.6 Å². The lowest BCUT2D eigenvalue weighted by Gasteiger charge is -2.37. The molecule has 1 saturated heterocycles. The van der Waals surface area contributed by atoms with Crippen LogP contribution in [0.3, 0.4) is 0 Å². The van der Waals surface area contributed by atoms with Crippen LogP contribution in [0.5, 0.6) is 0 Å². The SMILES string of the molecule is CC(C)(C)Cn1c(=O)c(C#N)c(N2CCN(C(=O)c3cccs3)CC2)c2ccccc21. The number of amides is 1. The number of piperazine rings is 1. The molecule has 31 heavy (non-hydrogen) atoms. The predicted molar refractivity (Wildman–Crippen MR) is 125 cm³/mol. The minimum atomic E-state index is -0.247. The summed E-state index contributed by atoms with van der Waals surface area (Å²) >= 11 is 1.45. The van der Waals surface area contributed by atoms with Crippen molar-refractivity contribution in [2.24, 2.45) is 5.41 Å². The first-order chi connectivity index (χ1) is 14.8. The van der Waals surface area contributed by atoms with E-state index in [1.165, 1.54) is 11.3 Å². The lowest BCUT2D eigenvalue weighted by atomic mass is 9.96. The molecule has 4 rings (SSSR count). The lowest BCUT2D eigenvalue weighted by Crippen LogP contribution is -2.49. The number of anilines is 1. The van der Waals surface area contributed by atoms with Crippen LogP contribution in [-0.2, 0) is 6.54 Å². The van der Waals surface area contributed by atoms with Gasteiger partial charge in [0.05, 0.1) is 16.1 Å². The monoisotopic (exact) mass is 434 g/mol. The Bertz CT molecular complexity index is 1210. The average molecular weight is 435 g/mol. The second-order valence-corrected chi connectivity index (χ2v) is 10.0. The Kier molecular flexibility index (Phi) is 5.59. The number of benzene rings is 1. The molecule has 3 heterocycles. The Labute approximate surface area is 185 Å². The van der Waals surface area contributed by atoms with E-state index in [9.17, 15) is 14.9 Å². The first-order valence-corrected chi connectivity index (χ1v) is 11.3. The molecular weight excluding hydrogens is 408 g/mol. The number of carbonyl (C=O) groups is 1. The fourth-order valence-electron chi connectivity index (χ4n) is 4.14. The summed E-state index contributed by atoms with van der Waals surface area (Å²) in [6, 6.07) is 13.7. The van der Waals surface area contributed by atoms with E-state index in [2.05, 4.69) is 31.7 Å². The number of thiophene rings is 1. The van der Waals surface area contributed by atoms with E-state index in [1.54, 1.807) is 4.57 Å². The molecule has 1 aliphatic heterocycles. The highest BCUT2D eigenvalue weighted by Crippen LogP contribution is 2.31. The number of rotatable bonds is 3. The Morgan fingerprint density at radius 3 is 2.42 bits per heavy atom. The van der Waals surface area contributed by atoms with E-state index in [0.29, 0.717) is 38.4 Å². The first-order valence-electron chi connectivity index (χ1n) is 10.4. The van der Waals surface area contributed by atoms with Crippen molar-refractivity contribution in [3.8, 4) is 6.07 Å². The zero-order chi connectivity index (χ0) is 22.2. The standard InChI is InChI=1S/C24H26N4O2S/c1-24(2,3)16-28-19-8-5-4-7-17(19)21(18(15-25)22(28)29)26-10-12-27(13-11-26)23(30)20-9-6-14-31-20/h4-9,14H,10-13,16H2,1-3H3. The number of pyridine rings is 1. The number of nitriles is 1. The molecule has 2 aromatic heterocycles. The highest BCUT2D eigenvalue weighted by molar-refractivity contribution is 7.12. The summed E-state index contributed by atoms with van der Waals surface area (Å²) in [5, 5.41) is 12.7. The Balaban J connectivity index is 1.72. The van der Waals surface area contributed by atoms with Crippen molar-refractivity contribution < 1.29 is 4.79 Å². The van der Waals surface area contributed by atoms with E-state index in [-0.39, 0.29) is 22.4 Å². The maximum Gasteiger partial charge on any atom is 0.271 e. The van der Waals surface area contributed by atoms with Gasteiger partial charge < -0.3 is 14.4 Å². The normalized spacial score (nSPS) is 14.6. The summed E-state index contributed by atoms with van der Waals surface area (Å²) in [6.45, 7) is 9.05. The van der Waals surface area contributed by atoms with Gasteiger partial charge in [0.1, 0.15) is 11.6 Å². The van der Waals surface area contributed by atoms with Crippen molar-refractivity contribution in [3.05, 3.63) is 62.6 Å². The number of fused-ring (bicyclic) bond motifs is 1. The molecule has 0 N–H and O–H groups in total. The number of hydrogen-bond donors (Lipinski definition) is 0. The molecule has 6 nitrogen and oxygen atoms in total. The molecule has 1 aromatic carbocycles. The molecule has 0 atom stereocenters. The molecule has 0 bridgehead atoms. The Morgan fingerprint density at radius 1 is 1.10 bits per heavy atom. The fourth-order valence-corrected chi connectivity index (χ4v) is 4.83. The van der Waals surface area contributed by atoms with Crippen molar-refractivity contribution in [2.75, 3.05) is 31.1 Å². The Hall–Kier alpha value is -3.11. The molecule has 0 spiro atoms. The third-order valence-electron chi connectivity index (χ3n) is 5.51. The molecule has 7 heteroatoms. The molecule has 0 unspecified atom stereocenters. The summed E-state index contributed by atoms with van der Waals surface area (Å²) in [5.41, 5.74) is 1.36. The number of carbonyl (C=O) groups excluding carboxylic acids is 1. The number of para-hydroxylation sites is 1. The van der Waals surface area contributed by atoms with E-state index < -0.39 is 0 Å². The molecule has 1 amide bonds. The van der Waals surface area contributed by atoms with Crippen LogP contribution in [0.25, 0.3) is 10.9 Å². The predicted octanol–water partition coefficient (Wildman–Crippen LogP) is 3.94. The quantitative estimate of drug-likeness (QED) is 0.626. The lowest BCUT2D eigenvalue weighted by molar-refractivity contribution is 0.0751. The van der Waals surface area contributed by atoms with Crippen molar-refractivity contribution in [2.45, 2.75) is 27.3 Å². The largest absolute Gasteiger partial charge is 0.366 e. The third kappa shape index (κ3) is 4.08. The topological polar surface area (TPSA) is 69.3 Å².